The Hall–Kier alpha value is -2.63. The van der Waals surface area contributed by atoms with Gasteiger partial charge < -0.3 is 15.0 Å². The number of carbonyl (C=O) groups is 1. The minimum absolute atomic E-state index is 0.319. The van der Waals surface area contributed by atoms with Crippen LogP contribution in [0.2, 0.25) is 0 Å². The SMILES string of the molecule is CCCCN(C)c1cc(C)nc(Nc2ccc(C(=O)OCC)cc2)n1. The van der Waals surface area contributed by atoms with E-state index in [4.69, 9.17) is 4.74 Å². The number of nitrogens with one attached hydrogen (secondary N) is 1. The van der Waals surface area contributed by atoms with Gasteiger partial charge in [-0.3, -0.25) is 0 Å². The fourth-order valence-corrected chi connectivity index (χ4v) is 2.35. The van der Waals surface area contributed by atoms with Crippen molar-refractivity contribution in [2.24, 2.45) is 0 Å². The topological polar surface area (TPSA) is 67.4 Å². The minimum Gasteiger partial charge on any atom is -0.462 e. The van der Waals surface area contributed by atoms with E-state index in [1.54, 1.807) is 19.1 Å². The molecule has 0 radical (unpaired) electrons. The standard InChI is InChI=1S/C19H26N4O2/c1-5-7-12-23(4)17-13-14(3)20-19(22-17)21-16-10-8-15(9-11-16)18(24)25-6-2/h8-11,13H,5-7,12H2,1-4H3,(H,20,21,22). The van der Waals surface area contributed by atoms with Gasteiger partial charge in [-0.25, -0.2) is 9.78 Å². The van der Waals surface area contributed by atoms with Gasteiger partial charge in [-0.1, -0.05) is 13.3 Å². The van der Waals surface area contributed by atoms with Gasteiger partial charge in [0, 0.05) is 31.0 Å². The number of nitrogens with zero attached hydrogens (tertiary/aromatic N) is 3. The van der Waals surface area contributed by atoms with E-state index >= 15 is 0 Å². The van der Waals surface area contributed by atoms with Crippen LogP contribution in [-0.4, -0.2) is 36.1 Å². The van der Waals surface area contributed by atoms with Crippen molar-refractivity contribution >= 4 is 23.4 Å². The van der Waals surface area contributed by atoms with Gasteiger partial charge in [0.2, 0.25) is 5.95 Å². The van der Waals surface area contributed by atoms with Crippen molar-refractivity contribution in [3.8, 4) is 0 Å². The number of hydrogen-bond acceptors (Lipinski definition) is 6. The van der Waals surface area contributed by atoms with Crippen LogP contribution < -0.4 is 10.2 Å². The summed E-state index contributed by atoms with van der Waals surface area (Å²) in [5.41, 5.74) is 2.25. The van der Waals surface area contributed by atoms with Crippen LogP contribution in [0.15, 0.2) is 30.3 Å². The molecule has 0 aliphatic heterocycles. The van der Waals surface area contributed by atoms with Gasteiger partial charge in [0.15, 0.2) is 0 Å². The summed E-state index contributed by atoms with van der Waals surface area (Å²) in [6, 6.07) is 9.07. The summed E-state index contributed by atoms with van der Waals surface area (Å²) < 4.78 is 4.99. The Balaban J connectivity index is 2.11. The Labute approximate surface area is 149 Å². The number of carbonyl (C=O) groups excluding carboxylic acids is 1. The van der Waals surface area contributed by atoms with Crippen molar-refractivity contribution in [2.45, 2.75) is 33.6 Å². The molecule has 0 atom stereocenters. The van der Waals surface area contributed by atoms with Crippen LogP contribution in [0.1, 0.15) is 42.7 Å². The number of rotatable bonds is 8. The molecule has 0 saturated carbocycles. The van der Waals surface area contributed by atoms with Crippen LogP contribution in [0.5, 0.6) is 0 Å². The molecule has 1 heterocycles. The molecule has 0 aliphatic carbocycles. The van der Waals surface area contributed by atoms with E-state index < -0.39 is 0 Å². The molecule has 1 aromatic carbocycles. The first-order valence-electron chi connectivity index (χ1n) is 8.64. The number of unbranched alkanes of at least 4 members (excludes halogenated alkanes) is 1. The number of benzene rings is 1. The first-order chi connectivity index (χ1) is 12.0. The zero-order valence-electron chi connectivity index (χ0n) is 15.4. The molecule has 0 fully saturated rings. The number of hydrogen-bond donors (Lipinski definition) is 1. The highest BCUT2D eigenvalue weighted by Gasteiger charge is 2.09. The molecule has 0 aliphatic rings. The number of esters is 1. The fourth-order valence-electron chi connectivity index (χ4n) is 2.35. The molecule has 0 amide bonds. The van der Waals surface area contributed by atoms with E-state index in [2.05, 4.69) is 27.1 Å². The van der Waals surface area contributed by atoms with Crippen LogP contribution in [0.3, 0.4) is 0 Å². The van der Waals surface area contributed by atoms with Crippen molar-refractivity contribution in [1.29, 1.82) is 0 Å². The zero-order valence-corrected chi connectivity index (χ0v) is 15.4. The number of aromatic nitrogens is 2. The third-order valence-corrected chi connectivity index (χ3v) is 3.73. The number of aryl methyl sites for hydroxylation is 1. The molecule has 0 bridgehead atoms. The molecule has 1 N–H and O–H groups in total. The van der Waals surface area contributed by atoms with E-state index in [1.807, 2.05) is 32.2 Å². The molecule has 2 aromatic rings. The minimum atomic E-state index is -0.319. The van der Waals surface area contributed by atoms with Crippen LogP contribution in [0, 0.1) is 6.92 Å². The van der Waals surface area contributed by atoms with E-state index in [-0.39, 0.29) is 5.97 Å². The van der Waals surface area contributed by atoms with Crippen molar-refractivity contribution in [3.05, 3.63) is 41.6 Å². The summed E-state index contributed by atoms with van der Waals surface area (Å²) in [7, 11) is 2.04. The maximum absolute atomic E-state index is 11.7. The quantitative estimate of drug-likeness (QED) is 0.733. The second-order valence-electron chi connectivity index (χ2n) is 5.89. The molecule has 6 heteroatoms. The van der Waals surface area contributed by atoms with E-state index in [0.29, 0.717) is 18.1 Å². The molecule has 6 nitrogen and oxygen atoms in total. The van der Waals surface area contributed by atoms with E-state index in [9.17, 15) is 4.79 Å². The molecule has 0 unspecified atom stereocenters. The van der Waals surface area contributed by atoms with Crippen molar-refractivity contribution < 1.29 is 9.53 Å². The predicted octanol–water partition coefficient (Wildman–Crippen LogP) is 3.94. The van der Waals surface area contributed by atoms with Gasteiger partial charge in [0.25, 0.3) is 0 Å². The molecule has 25 heavy (non-hydrogen) atoms. The highest BCUT2D eigenvalue weighted by molar-refractivity contribution is 5.89. The van der Waals surface area contributed by atoms with Gasteiger partial charge >= 0.3 is 5.97 Å². The molecule has 0 saturated heterocycles. The van der Waals surface area contributed by atoms with E-state index in [0.717, 1.165) is 36.6 Å². The Morgan fingerprint density at radius 2 is 1.92 bits per heavy atom. The Morgan fingerprint density at radius 3 is 2.56 bits per heavy atom. The third-order valence-electron chi connectivity index (χ3n) is 3.73. The Morgan fingerprint density at radius 1 is 1.20 bits per heavy atom. The monoisotopic (exact) mass is 342 g/mol. The fraction of sp³-hybridized carbons (Fsp3) is 0.421. The Bertz CT molecular complexity index is 701. The van der Waals surface area contributed by atoms with Gasteiger partial charge in [0.1, 0.15) is 5.82 Å². The summed E-state index contributed by atoms with van der Waals surface area (Å²) >= 11 is 0. The van der Waals surface area contributed by atoms with Gasteiger partial charge in [-0.05, 0) is 44.5 Å². The summed E-state index contributed by atoms with van der Waals surface area (Å²) in [5, 5.41) is 3.19. The molecule has 0 spiro atoms. The lowest BCUT2D eigenvalue weighted by Gasteiger charge is -2.19. The van der Waals surface area contributed by atoms with Gasteiger partial charge in [-0.15, -0.1) is 0 Å². The number of anilines is 3. The molecule has 134 valence electrons. The van der Waals surface area contributed by atoms with Crippen molar-refractivity contribution in [1.82, 2.24) is 9.97 Å². The average Bonchev–Trinajstić information content (AvgIpc) is 2.60. The van der Waals surface area contributed by atoms with Gasteiger partial charge in [0.05, 0.1) is 12.2 Å². The lowest BCUT2D eigenvalue weighted by atomic mass is 10.2. The maximum Gasteiger partial charge on any atom is 0.338 e. The van der Waals surface area contributed by atoms with Crippen LogP contribution in [-0.2, 0) is 4.74 Å². The molecular formula is C19H26N4O2. The average molecular weight is 342 g/mol. The zero-order chi connectivity index (χ0) is 18.2. The van der Waals surface area contributed by atoms with Gasteiger partial charge in [-0.2, -0.15) is 4.98 Å². The normalized spacial score (nSPS) is 10.4. The summed E-state index contributed by atoms with van der Waals surface area (Å²) in [6.07, 6.45) is 2.27. The van der Waals surface area contributed by atoms with Crippen LogP contribution in [0.4, 0.5) is 17.5 Å². The lowest BCUT2D eigenvalue weighted by molar-refractivity contribution is 0.0526. The largest absolute Gasteiger partial charge is 0.462 e. The number of ether oxygens (including phenoxy) is 1. The van der Waals surface area contributed by atoms with Crippen molar-refractivity contribution in [3.63, 3.8) is 0 Å². The first-order valence-corrected chi connectivity index (χ1v) is 8.64. The highest BCUT2D eigenvalue weighted by Crippen LogP contribution is 2.18. The molecule has 2 rings (SSSR count). The highest BCUT2D eigenvalue weighted by atomic mass is 16.5. The second kappa shape index (κ2) is 9.01. The summed E-state index contributed by atoms with van der Waals surface area (Å²) in [6.45, 7) is 7.24. The summed E-state index contributed by atoms with van der Waals surface area (Å²) in [4.78, 5) is 22.8. The lowest BCUT2D eigenvalue weighted by Crippen LogP contribution is -2.20. The van der Waals surface area contributed by atoms with Crippen LogP contribution in [0.25, 0.3) is 0 Å². The predicted molar refractivity (Wildman–Crippen MR) is 101 cm³/mol. The third kappa shape index (κ3) is 5.45. The van der Waals surface area contributed by atoms with Crippen molar-refractivity contribution in [2.75, 3.05) is 30.4 Å². The first kappa shape index (κ1) is 18.7. The second-order valence-corrected chi connectivity index (χ2v) is 5.89. The van der Waals surface area contributed by atoms with E-state index in [1.165, 1.54) is 0 Å². The summed E-state index contributed by atoms with van der Waals surface area (Å²) in [5.74, 6) is 1.12. The van der Waals surface area contributed by atoms with Crippen LogP contribution >= 0.6 is 0 Å². The molecule has 1 aromatic heterocycles. The Kier molecular flexibility index (Phi) is 6.74. The molecular weight excluding hydrogens is 316 g/mol. The maximum atomic E-state index is 11.7. The smallest absolute Gasteiger partial charge is 0.338 e.